The standard InChI is InChI=1S/C22H39O7Si3/c1-16(30(28-31(5,6)7)29-32(8,9)10)11-13-18-17(12-14-20(23)24)15-19(25-2)22(27-4)21(18)26-3/h12,14-16H,11,13H2,1-10H3,(H,23,24). The average Bonchev–Trinajstić information content (AvgIpc) is 2.66. The molecule has 0 heterocycles. The number of carboxylic acid groups (broad SMARTS) is 1. The Morgan fingerprint density at radius 1 is 1.00 bits per heavy atom. The molecule has 0 aromatic heterocycles. The highest BCUT2D eigenvalue weighted by Gasteiger charge is 2.34. The Morgan fingerprint density at radius 2 is 1.53 bits per heavy atom. The molecule has 0 spiro atoms. The van der Waals surface area contributed by atoms with Gasteiger partial charge in [-0.1, -0.05) is 6.92 Å². The molecule has 32 heavy (non-hydrogen) atoms. The van der Waals surface area contributed by atoms with Crippen LogP contribution in [0.1, 0.15) is 24.5 Å². The SMILES string of the molecule is COc1cc(C=CC(=O)O)c(CCC(C)[Si](O[Si](C)(C)C)O[Si](C)(C)C)c(OC)c1OC. The Labute approximate surface area is 196 Å². The van der Waals surface area contributed by atoms with Gasteiger partial charge in [-0.25, -0.2) is 4.79 Å². The van der Waals surface area contributed by atoms with Crippen molar-refractivity contribution in [1.82, 2.24) is 0 Å². The lowest BCUT2D eigenvalue weighted by Gasteiger charge is -2.33. The first-order valence-electron chi connectivity index (χ1n) is 10.7. The summed E-state index contributed by atoms with van der Waals surface area (Å²) in [4.78, 5) is 11.1. The second-order valence-corrected chi connectivity index (χ2v) is 21.3. The van der Waals surface area contributed by atoms with E-state index < -0.39 is 31.9 Å². The maximum atomic E-state index is 11.1. The van der Waals surface area contributed by atoms with E-state index in [2.05, 4.69) is 46.2 Å². The first kappa shape index (κ1) is 28.4. The van der Waals surface area contributed by atoms with Gasteiger partial charge in [-0.3, -0.25) is 0 Å². The predicted octanol–water partition coefficient (Wildman–Crippen LogP) is 5.32. The quantitative estimate of drug-likeness (QED) is 0.290. The van der Waals surface area contributed by atoms with E-state index in [4.69, 9.17) is 27.5 Å². The molecule has 0 saturated carbocycles. The van der Waals surface area contributed by atoms with Crippen molar-refractivity contribution in [3.05, 3.63) is 23.3 Å². The largest absolute Gasteiger partial charge is 0.493 e. The van der Waals surface area contributed by atoms with E-state index in [0.717, 1.165) is 23.6 Å². The summed E-state index contributed by atoms with van der Waals surface area (Å²) in [6, 6.07) is 1.78. The van der Waals surface area contributed by atoms with Gasteiger partial charge in [0.25, 0.3) is 0 Å². The van der Waals surface area contributed by atoms with Gasteiger partial charge in [0, 0.05) is 17.2 Å². The molecule has 181 valence electrons. The Kier molecular flexibility index (Phi) is 10.7. The summed E-state index contributed by atoms with van der Waals surface area (Å²) in [5.74, 6) is 0.512. The number of hydrogen-bond donors (Lipinski definition) is 1. The summed E-state index contributed by atoms with van der Waals surface area (Å²) in [6.45, 7) is 15.3. The number of benzene rings is 1. The summed E-state index contributed by atoms with van der Waals surface area (Å²) < 4.78 is 29.7. The van der Waals surface area contributed by atoms with Crippen molar-refractivity contribution in [2.45, 2.75) is 64.6 Å². The second-order valence-electron chi connectivity index (χ2n) is 9.57. The smallest absolute Gasteiger partial charge is 0.365 e. The lowest BCUT2D eigenvalue weighted by Crippen LogP contribution is -2.45. The molecule has 0 saturated heterocycles. The maximum Gasteiger partial charge on any atom is 0.365 e. The van der Waals surface area contributed by atoms with Crippen molar-refractivity contribution in [3.8, 4) is 17.2 Å². The lowest BCUT2D eigenvalue weighted by atomic mass is 9.98. The van der Waals surface area contributed by atoms with E-state index >= 15 is 0 Å². The molecule has 0 aliphatic heterocycles. The molecule has 1 unspecified atom stereocenters. The number of hydrogen-bond acceptors (Lipinski definition) is 6. The number of carboxylic acids is 1. The summed E-state index contributed by atoms with van der Waals surface area (Å²) in [6.07, 6.45) is 4.15. The normalized spacial score (nSPS) is 13.5. The summed E-state index contributed by atoms with van der Waals surface area (Å²) >= 11 is 0. The van der Waals surface area contributed by atoms with Crippen molar-refractivity contribution < 1.29 is 32.3 Å². The topological polar surface area (TPSA) is 83.5 Å². The summed E-state index contributed by atoms with van der Waals surface area (Å²) in [7, 11) is -0.335. The number of methoxy groups -OCH3 is 3. The van der Waals surface area contributed by atoms with Crippen molar-refractivity contribution in [2.24, 2.45) is 0 Å². The highest BCUT2D eigenvalue weighted by Crippen LogP contribution is 2.43. The van der Waals surface area contributed by atoms with Gasteiger partial charge in [0.1, 0.15) is 0 Å². The third-order valence-corrected chi connectivity index (χ3v) is 12.0. The zero-order valence-corrected chi connectivity index (χ0v) is 24.1. The molecule has 0 fully saturated rings. The van der Waals surface area contributed by atoms with Gasteiger partial charge >= 0.3 is 15.3 Å². The molecule has 7 nitrogen and oxygen atoms in total. The van der Waals surface area contributed by atoms with E-state index in [1.165, 1.54) is 0 Å². The minimum absolute atomic E-state index is 0.229. The maximum absolute atomic E-state index is 11.1. The highest BCUT2D eigenvalue weighted by atomic mass is 28.4. The van der Waals surface area contributed by atoms with Gasteiger partial charge in [0.2, 0.25) is 5.75 Å². The number of aliphatic carboxylic acids is 1. The number of ether oxygens (including phenoxy) is 3. The summed E-state index contributed by atoms with van der Waals surface area (Å²) in [5, 5.41) is 9.13. The van der Waals surface area contributed by atoms with Gasteiger partial charge in [-0.15, -0.1) is 0 Å². The lowest BCUT2D eigenvalue weighted by molar-refractivity contribution is -0.131. The molecule has 0 aliphatic carbocycles. The van der Waals surface area contributed by atoms with E-state index in [9.17, 15) is 4.79 Å². The van der Waals surface area contributed by atoms with Crippen LogP contribution in [0.25, 0.3) is 6.08 Å². The first-order valence-corrected chi connectivity index (χ1v) is 18.9. The Bertz CT molecular complexity index is 782. The minimum atomic E-state index is -1.77. The van der Waals surface area contributed by atoms with Crippen LogP contribution in [0.4, 0.5) is 0 Å². The van der Waals surface area contributed by atoms with Gasteiger partial charge in [-0.2, -0.15) is 0 Å². The Morgan fingerprint density at radius 3 is 1.94 bits per heavy atom. The molecular formula is C22H39O7Si3. The first-order chi connectivity index (χ1) is 14.7. The third kappa shape index (κ3) is 9.10. The summed E-state index contributed by atoms with van der Waals surface area (Å²) in [5.41, 5.74) is 1.82. The van der Waals surface area contributed by atoms with Crippen molar-refractivity contribution in [3.63, 3.8) is 0 Å². The predicted molar refractivity (Wildman–Crippen MR) is 135 cm³/mol. The molecule has 1 aromatic carbocycles. The van der Waals surface area contributed by atoms with Gasteiger partial charge < -0.3 is 27.5 Å². The Hall–Kier alpha value is -1.60. The minimum Gasteiger partial charge on any atom is -0.493 e. The zero-order valence-electron chi connectivity index (χ0n) is 21.1. The Balaban J connectivity index is 3.33. The third-order valence-electron chi connectivity index (χ3n) is 4.42. The fourth-order valence-corrected chi connectivity index (χ4v) is 10.5. The van der Waals surface area contributed by atoms with Crippen LogP contribution in [0.5, 0.6) is 17.2 Å². The molecule has 0 bridgehead atoms. The zero-order chi connectivity index (χ0) is 24.7. The van der Waals surface area contributed by atoms with E-state index in [-0.39, 0.29) is 5.54 Å². The average molecular weight is 500 g/mol. The monoisotopic (exact) mass is 499 g/mol. The second kappa shape index (κ2) is 12.0. The highest BCUT2D eigenvalue weighted by molar-refractivity contribution is 6.81. The fourth-order valence-electron chi connectivity index (χ4n) is 3.11. The van der Waals surface area contributed by atoms with E-state index in [0.29, 0.717) is 23.7 Å². The van der Waals surface area contributed by atoms with Crippen LogP contribution in [0, 0.1) is 0 Å². The molecule has 1 atom stereocenters. The van der Waals surface area contributed by atoms with E-state index in [1.54, 1.807) is 33.5 Å². The van der Waals surface area contributed by atoms with Crippen molar-refractivity contribution >= 4 is 38.0 Å². The van der Waals surface area contributed by atoms with Crippen LogP contribution in [0.15, 0.2) is 12.1 Å². The molecular weight excluding hydrogens is 460 g/mol. The molecule has 1 N–H and O–H groups in total. The van der Waals surface area contributed by atoms with Crippen LogP contribution in [0.3, 0.4) is 0 Å². The van der Waals surface area contributed by atoms with Crippen LogP contribution in [0.2, 0.25) is 44.8 Å². The molecule has 10 heteroatoms. The molecule has 1 aromatic rings. The van der Waals surface area contributed by atoms with Crippen LogP contribution >= 0.6 is 0 Å². The molecule has 1 radical (unpaired) electrons. The van der Waals surface area contributed by atoms with Gasteiger partial charge in [-0.05, 0) is 69.8 Å². The van der Waals surface area contributed by atoms with E-state index in [1.807, 2.05) is 0 Å². The molecule has 1 rings (SSSR count). The fraction of sp³-hybridized carbons (Fsp3) is 0.591. The van der Waals surface area contributed by atoms with Crippen LogP contribution < -0.4 is 14.2 Å². The van der Waals surface area contributed by atoms with Crippen LogP contribution in [-0.4, -0.2) is 58.3 Å². The number of carbonyl (C=O) groups is 1. The molecule has 0 amide bonds. The van der Waals surface area contributed by atoms with Gasteiger partial charge in [0.05, 0.1) is 21.3 Å². The number of rotatable bonds is 13. The van der Waals surface area contributed by atoms with Crippen molar-refractivity contribution in [2.75, 3.05) is 21.3 Å². The van der Waals surface area contributed by atoms with Crippen molar-refractivity contribution in [1.29, 1.82) is 0 Å². The molecule has 0 aliphatic rings. The van der Waals surface area contributed by atoms with Gasteiger partial charge in [0.15, 0.2) is 28.1 Å². The van der Waals surface area contributed by atoms with Crippen LogP contribution in [-0.2, 0) is 19.4 Å².